The molecule has 0 spiro atoms. The predicted molar refractivity (Wildman–Crippen MR) is 83.4 cm³/mol. The second kappa shape index (κ2) is 6.76. The molecule has 2 aromatic carbocycles. The Kier molecular flexibility index (Phi) is 4.78. The Labute approximate surface area is 128 Å². The van der Waals surface area contributed by atoms with Crippen molar-refractivity contribution in [2.24, 2.45) is 0 Å². The van der Waals surface area contributed by atoms with Gasteiger partial charge in [-0.1, -0.05) is 24.3 Å². The maximum Gasteiger partial charge on any atom is 0.337 e. The number of aromatic carboxylic acids is 1. The number of benzene rings is 2. The fraction of sp³-hybridized carbons (Fsp3) is 0.176. The molecule has 0 saturated heterocycles. The van der Waals surface area contributed by atoms with E-state index in [0.29, 0.717) is 17.0 Å². The molecule has 0 heterocycles. The lowest BCUT2D eigenvalue weighted by molar-refractivity contribution is -0.118. The van der Waals surface area contributed by atoms with Crippen LogP contribution in [0.15, 0.2) is 42.5 Å². The number of carboxylic acids is 1. The Balaban J connectivity index is 2.05. The van der Waals surface area contributed by atoms with Crippen LogP contribution in [0.5, 0.6) is 5.75 Å². The van der Waals surface area contributed by atoms with Gasteiger partial charge in [0.2, 0.25) is 0 Å². The van der Waals surface area contributed by atoms with E-state index < -0.39 is 11.9 Å². The highest BCUT2D eigenvalue weighted by atomic mass is 16.5. The number of rotatable bonds is 5. The van der Waals surface area contributed by atoms with Crippen molar-refractivity contribution < 1.29 is 19.4 Å². The van der Waals surface area contributed by atoms with Gasteiger partial charge >= 0.3 is 5.97 Å². The van der Waals surface area contributed by atoms with Crippen LogP contribution >= 0.6 is 0 Å². The van der Waals surface area contributed by atoms with Crippen molar-refractivity contribution in [3.8, 4) is 5.75 Å². The first-order valence-corrected chi connectivity index (χ1v) is 6.79. The minimum Gasteiger partial charge on any atom is -0.484 e. The van der Waals surface area contributed by atoms with Crippen molar-refractivity contribution in [2.45, 2.75) is 13.8 Å². The topological polar surface area (TPSA) is 75.6 Å². The van der Waals surface area contributed by atoms with Gasteiger partial charge in [0.15, 0.2) is 6.61 Å². The number of nitrogens with one attached hydrogen (secondary N) is 1. The summed E-state index contributed by atoms with van der Waals surface area (Å²) in [5.74, 6) is -0.893. The fourth-order valence-corrected chi connectivity index (χ4v) is 2.04. The molecular formula is C17H17NO4. The molecule has 1 amide bonds. The minimum absolute atomic E-state index is 0.0592. The van der Waals surface area contributed by atoms with E-state index in [9.17, 15) is 9.59 Å². The Morgan fingerprint density at radius 1 is 1.14 bits per heavy atom. The zero-order valence-electron chi connectivity index (χ0n) is 12.4. The number of aryl methyl sites for hydroxylation is 2. The lowest BCUT2D eigenvalue weighted by atomic mass is 10.1. The molecule has 0 aliphatic carbocycles. The molecule has 0 aliphatic heterocycles. The zero-order valence-corrected chi connectivity index (χ0v) is 12.4. The second-order valence-electron chi connectivity index (χ2n) is 4.96. The van der Waals surface area contributed by atoms with E-state index in [1.807, 2.05) is 25.1 Å². The summed E-state index contributed by atoms with van der Waals surface area (Å²) in [6, 6.07) is 12.2. The maximum absolute atomic E-state index is 12.0. The van der Waals surface area contributed by atoms with Crippen LogP contribution in [0.2, 0.25) is 0 Å². The molecule has 0 saturated carbocycles. The maximum atomic E-state index is 12.0. The van der Waals surface area contributed by atoms with Gasteiger partial charge in [0.1, 0.15) is 5.75 Å². The molecule has 0 atom stereocenters. The number of amides is 1. The molecule has 0 unspecified atom stereocenters. The summed E-state index contributed by atoms with van der Waals surface area (Å²) in [5.41, 5.74) is 2.07. The van der Waals surface area contributed by atoms with Gasteiger partial charge in [0.25, 0.3) is 5.91 Å². The van der Waals surface area contributed by atoms with Crippen LogP contribution in [0.1, 0.15) is 21.5 Å². The number of carboxylic acid groups (broad SMARTS) is 1. The quantitative estimate of drug-likeness (QED) is 0.890. The summed E-state index contributed by atoms with van der Waals surface area (Å²) >= 11 is 0. The first kappa shape index (κ1) is 15.6. The van der Waals surface area contributed by atoms with Crippen molar-refractivity contribution in [1.82, 2.24) is 0 Å². The third-order valence-electron chi connectivity index (χ3n) is 3.13. The van der Waals surface area contributed by atoms with Gasteiger partial charge in [-0.3, -0.25) is 4.79 Å². The highest BCUT2D eigenvalue weighted by Gasteiger charge is 2.14. The van der Waals surface area contributed by atoms with Gasteiger partial charge in [0.05, 0.1) is 11.3 Å². The van der Waals surface area contributed by atoms with Crippen LogP contribution in [-0.2, 0) is 4.79 Å². The highest BCUT2D eigenvalue weighted by molar-refractivity contribution is 6.01. The van der Waals surface area contributed by atoms with Gasteiger partial charge in [-0.15, -0.1) is 0 Å². The van der Waals surface area contributed by atoms with Crippen LogP contribution in [-0.4, -0.2) is 23.6 Å². The number of hydrogen-bond donors (Lipinski definition) is 2. The summed E-state index contributed by atoms with van der Waals surface area (Å²) in [6.07, 6.45) is 0. The van der Waals surface area contributed by atoms with Gasteiger partial charge in [-0.05, 0) is 43.2 Å². The molecule has 114 valence electrons. The Morgan fingerprint density at radius 2 is 1.86 bits per heavy atom. The first-order valence-electron chi connectivity index (χ1n) is 6.79. The minimum atomic E-state index is -1.08. The molecule has 0 bridgehead atoms. The van der Waals surface area contributed by atoms with E-state index >= 15 is 0 Å². The summed E-state index contributed by atoms with van der Waals surface area (Å²) in [7, 11) is 0. The molecular weight excluding hydrogens is 282 g/mol. The van der Waals surface area contributed by atoms with E-state index in [1.54, 1.807) is 25.1 Å². The average Bonchev–Trinajstić information content (AvgIpc) is 2.47. The van der Waals surface area contributed by atoms with Gasteiger partial charge in [0, 0.05) is 0 Å². The SMILES string of the molecule is Cc1cccc(OCC(=O)Nc2c(C)cccc2C(=O)O)c1. The van der Waals surface area contributed by atoms with Crippen molar-refractivity contribution >= 4 is 17.6 Å². The fourth-order valence-electron chi connectivity index (χ4n) is 2.04. The van der Waals surface area contributed by atoms with Crippen LogP contribution in [0.25, 0.3) is 0 Å². The third kappa shape index (κ3) is 3.85. The standard InChI is InChI=1S/C17H17NO4/c1-11-5-3-7-13(9-11)22-10-15(19)18-16-12(2)6-4-8-14(16)17(20)21/h3-9H,10H2,1-2H3,(H,18,19)(H,20,21). The molecule has 2 N–H and O–H groups in total. The predicted octanol–water partition coefficient (Wildman–Crippen LogP) is 3.02. The largest absolute Gasteiger partial charge is 0.484 e. The smallest absolute Gasteiger partial charge is 0.337 e. The molecule has 22 heavy (non-hydrogen) atoms. The van der Waals surface area contributed by atoms with Gasteiger partial charge in [-0.2, -0.15) is 0 Å². The van der Waals surface area contributed by atoms with Crippen molar-refractivity contribution in [2.75, 3.05) is 11.9 Å². The van der Waals surface area contributed by atoms with Crippen molar-refractivity contribution in [3.05, 3.63) is 59.2 Å². The number of anilines is 1. The molecule has 2 rings (SSSR count). The number of para-hydroxylation sites is 1. The lowest BCUT2D eigenvalue weighted by Gasteiger charge is -2.12. The Bertz CT molecular complexity index is 710. The third-order valence-corrected chi connectivity index (χ3v) is 3.13. The van der Waals surface area contributed by atoms with E-state index in [2.05, 4.69) is 5.32 Å². The van der Waals surface area contributed by atoms with Gasteiger partial charge < -0.3 is 15.2 Å². The normalized spacial score (nSPS) is 10.1. The van der Waals surface area contributed by atoms with E-state index in [1.165, 1.54) is 6.07 Å². The number of carbonyl (C=O) groups is 2. The van der Waals surface area contributed by atoms with Crippen LogP contribution in [0.4, 0.5) is 5.69 Å². The van der Waals surface area contributed by atoms with Gasteiger partial charge in [-0.25, -0.2) is 4.79 Å². The molecule has 0 radical (unpaired) electrons. The Morgan fingerprint density at radius 3 is 2.55 bits per heavy atom. The molecule has 0 fully saturated rings. The van der Waals surface area contributed by atoms with Crippen LogP contribution in [0, 0.1) is 13.8 Å². The summed E-state index contributed by atoms with van der Waals surface area (Å²) < 4.78 is 5.40. The summed E-state index contributed by atoms with van der Waals surface area (Å²) in [4.78, 5) is 23.2. The molecule has 0 aliphatic rings. The van der Waals surface area contributed by atoms with E-state index in [-0.39, 0.29) is 12.2 Å². The second-order valence-corrected chi connectivity index (χ2v) is 4.96. The van der Waals surface area contributed by atoms with E-state index in [4.69, 9.17) is 9.84 Å². The monoisotopic (exact) mass is 299 g/mol. The molecule has 2 aromatic rings. The summed E-state index contributed by atoms with van der Waals surface area (Å²) in [6.45, 7) is 3.49. The number of ether oxygens (including phenoxy) is 1. The average molecular weight is 299 g/mol. The number of hydrogen-bond acceptors (Lipinski definition) is 3. The Hall–Kier alpha value is -2.82. The van der Waals surface area contributed by atoms with Crippen molar-refractivity contribution in [1.29, 1.82) is 0 Å². The molecule has 5 heteroatoms. The molecule has 5 nitrogen and oxygen atoms in total. The summed E-state index contributed by atoms with van der Waals surface area (Å²) in [5, 5.41) is 11.8. The van der Waals surface area contributed by atoms with Crippen LogP contribution < -0.4 is 10.1 Å². The van der Waals surface area contributed by atoms with Crippen LogP contribution in [0.3, 0.4) is 0 Å². The lowest BCUT2D eigenvalue weighted by Crippen LogP contribution is -2.22. The highest BCUT2D eigenvalue weighted by Crippen LogP contribution is 2.20. The first-order chi connectivity index (χ1) is 10.5. The zero-order chi connectivity index (χ0) is 16.1. The van der Waals surface area contributed by atoms with E-state index in [0.717, 1.165) is 5.56 Å². The number of carbonyl (C=O) groups excluding carboxylic acids is 1. The van der Waals surface area contributed by atoms with Crippen molar-refractivity contribution in [3.63, 3.8) is 0 Å². The molecule has 0 aromatic heterocycles.